The van der Waals surface area contributed by atoms with E-state index in [0.29, 0.717) is 6.07 Å². The first-order valence-electron chi connectivity index (χ1n) is 8.65. The molecule has 2 aromatic rings. The third-order valence-electron chi connectivity index (χ3n) is 4.63. The summed E-state index contributed by atoms with van der Waals surface area (Å²) in [5.41, 5.74) is -1.32. The molecular weight excluding hydrogens is 443 g/mol. The van der Waals surface area contributed by atoms with Crippen LogP contribution in [-0.2, 0) is 26.2 Å². The molecule has 0 aromatic heterocycles. The van der Waals surface area contributed by atoms with Crippen molar-refractivity contribution in [3.63, 3.8) is 0 Å². The molecule has 1 heterocycles. The first-order valence-corrected chi connectivity index (χ1v) is 11.5. The van der Waals surface area contributed by atoms with Crippen LogP contribution in [0.5, 0.6) is 0 Å². The summed E-state index contributed by atoms with van der Waals surface area (Å²) in [6.07, 6.45) is -4.85. The molecule has 7 nitrogen and oxygen atoms in total. The van der Waals surface area contributed by atoms with Crippen LogP contribution >= 0.6 is 0 Å². The molecule has 160 valence electrons. The lowest BCUT2D eigenvalue weighted by atomic mass is 10.2. The van der Waals surface area contributed by atoms with Crippen molar-refractivity contribution in [2.75, 3.05) is 26.2 Å². The van der Waals surface area contributed by atoms with Gasteiger partial charge in [-0.2, -0.15) is 27.0 Å². The quantitative estimate of drug-likeness (QED) is 0.699. The van der Waals surface area contributed by atoms with Crippen LogP contribution in [0.1, 0.15) is 11.1 Å². The second kappa shape index (κ2) is 7.99. The molecule has 0 radical (unpaired) electrons. The van der Waals surface area contributed by atoms with Gasteiger partial charge in [0.1, 0.15) is 6.07 Å². The fraction of sp³-hybridized carbons (Fsp3) is 0.278. The lowest BCUT2D eigenvalue weighted by molar-refractivity contribution is -0.139. The summed E-state index contributed by atoms with van der Waals surface area (Å²) in [6, 6.07) is 11.3. The maximum atomic E-state index is 13.2. The summed E-state index contributed by atoms with van der Waals surface area (Å²) in [5.74, 6) is 0. The topological polar surface area (TPSA) is 98.5 Å². The van der Waals surface area contributed by atoms with Gasteiger partial charge in [-0.05, 0) is 24.3 Å². The molecule has 1 aliphatic heterocycles. The Labute approximate surface area is 172 Å². The smallest absolute Gasteiger partial charge is 0.207 e. The molecule has 0 spiro atoms. The van der Waals surface area contributed by atoms with Crippen molar-refractivity contribution in [3.05, 3.63) is 59.7 Å². The van der Waals surface area contributed by atoms with Gasteiger partial charge < -0.3 is 0 Å². The average Bonchev–Trinajstić information content (AvgIpc) is 2.73. The van der Waals surface area contributed by atoms with E-state index in [2.05, 4.69) is 0 Å². The molecule has 2 aromatic carbocycles. The largest absolute Gasteiger partial charge is 0.417 e. The van der Waals surface area contributed by atoms with E-state index >= 15 is 0 Å². The molecule has 1 fully saturated rings. The summed E-state index contributed by atoms with van der Waals surface area (Å²) in [4.78, 5) is -1.07. The molecule has 0 N–H and O–H groups in total. The molecule has 1 aliphatic rings. The lowest BCUT2D eigenvalue weighted by Crippen LogP contribution is -2.50. The van der Waals surface area contributed by atoms with Gasteiger partial charge in [0.05, 0.1) is 20.9 Å². The van der Waals surface area contributed by atoms with Gasteiger partial charge in [0, 0.05) is 26.2 Å². The molecule has 0 atom stereocenters. The Morgan fingerprint density at radius 3 is 1.70 bits per heavy atom. The normalized spacial score (nSPS) is 16.9. The van der Waals surface area contributed by atoms with Crippen molar-refractivity contribution in [2.45, 2.75) is 16.0 Å². The number of benzene rings is 2. The first-order chi connectivity index (χ1) is 14.0. The van der Waals surface area contributed by atoms with E-state index in [0.717, 1.165) is 20.7 Å². The van der Waals surface area contributed by atoms with E-state index in [-0.39, 0.29) is 36.6 Å². The highest BCUT2D eigenvalue weighted by atomic mass is 32.2. The third-order valence-corrected chi connectivity index (χ3v) is 8.55. The SMILES string of the molecule is N#Cc1ccccc1S(=O)(=O)N1CCN(S(=O)(=O)c2ccccc2C(F)(F)F)CC1. The molecule has 3 rings (SSSR count). The zero-order chi connectivity index (χ0) is 22.2. The van der Waals surface area contributed by atoms with Crippen molar-refractivity contribution in [3.8, 4) is 6.07 Å². The molecule has 0 saturated carbocycles. The number of sulfonamides is 2. The van der Waals surface area contributed by atoms with Gasteiger partial charge in [0.2, 0.25) is 20.0 Å². The Morgan fingerprint density at radius 2 is 1.20 bits per heavy atom. The third kappa shape index (κ3) is 4.06. The summed E-state index contributed by atoms with van der Waals surface area (Å²) in [5, 5.41) is 9.13. The van der Waals surface area contributed by atoms with Gasteiger partial charge in [-0.25, -0.2) is 16.8 Å². The maximum absolute atomic E-state index is 13.2. The Hall–Kier alpha value is -2.46. The number of nitriles is 1. The van der Waals surface area contributed by atoms with Crippen LogP contribution in [0.4, 0.5) is 13.2 Å². The van der Waals surface area contributed by atoms with Crippen LogP contribution in [0.2, 0.25) is 0 Å². The molecule has 0 unspecified atom stereocenters. The number of halogens is 3. The minimum Gasteiger partial charge on any atom is -0.207 e. The predicted molar refractivity (Wildman–Crippen MR) is 100 cm³/mol. The van der Waals surface area contributed by atoms with Gasteiger partial charge in [-0.3, -0.25) is 0 Å². The van der Waals surface area contributed by atoms with Crippen molar-refractivity contribution in [2.24, 2.45) is 0 Å². The van der Waals surface area contributed by atoms with Crippen molar-refractivity contribution in [1.82, 2.24) is 8.61 Å². The van der Waals surface area contributed by atoms with Gasteiger partial charge in [0.15, 0.2) is 0 Å². The minimum atomic E-state index is -4.85. The summed E-state index contributed by atoms with van der Waals surface area (Å²) >= 11 is 0. The monoisotopic (exact) mass is 459 g/mol. The second-order valence-corrected chi connectivity index (χ2v) is 10.2. The minimum absolute atomic E-state index is 0.0494. The van der Waals surface area contributed by atoms with Gasteiger partial charge >= 0.3 is 6.18 Å². The van der Waals surface area contributed by atoms with Crippen molar-refractivity contribution >= 4 is 20.0 Å². The van der Waals surface area contributed by atoms with E-state index in [9.17, 15) is 30.0 Å². The zero-order valence-electron chi connectivity index (χ0n) is 15.4. The summed E-state index contributed by atoms with van der Waals surface area (Å²) in [7, 11) is -8.54. The van der Waals surface area contributed by atoms with Crippen LogP contribution in [0.3, 0.4) is 0 Å². The zero-order valence-corrected chi connectivity index (χ0v) is 17.0. The fourth-order valence-corrected chi connectivity index (χ4v) is 6.34. The molecule has 1 saturated heterocycles. The molecule has 0 bridgehead atoms. The molecule has 12 heteroatoms. The van der Waals surface area contributed by atoms with E-state index < -0.39 is 36.7 Å². The Kier molecular flexibility index (Phi) is 5.92. The number of piperazine rings is 1. The highest BCUT2D eigenvalue weighted by Crippen LogP contribution is 2.35. The van der Waals surface area contributed by atoms with Gasteiger partial charge in [-0.15, -0.1) is 0 Å². The number of nitrogens with zero attached hydrogens (tertiary/aromatic N) is 3. The van der Waals surface area contributed by atoms with E-state index in [1.54, 1.807) is 6.07 Å². The number of hydrogen-bond donors (Lipinski definition) is 0. The van der Waals surface area contributed by atoms with Crippen molar-refractivity contribution < 1.29 is 30.0 Å². The molecule has 30 heavy (non-hydrogen) atoms. The van der Waals surface area contributed by atoms with E-state index in [1.165, 1.54) is 30.3 Å². The highest BCUT2D eigenvalue weighted by Gasteiger charge is 2.40. The fourth-order valence-electron chi connectivity index (χ4n) is 3.14. The van der Waals surface area contributed by atoms with Gasteiger partial charge in [-0.1, -0.05) is 24.3 Å². The van der Waals surface area contributed by atoms with E-state index in [1.807, 2.05) is 0 Å². The molecular formula is C18H16F3N3O4S2. The summed E-state index contributed by atoms with van der Waals surface area (Å²) < 4.78 is 92.8. The predicted octanol–water partition coefficient (Wildman–Crippen LogP) is 2.27. The van der Waals surface area contributed by atoms with Crippen LogP contribution in [0.25, 0.3) is 0 Å². The second-order valence-electron chi connectivity index (χ2n) is 6.41. The number of alkyl halides is 3. The summed E-state index contributed by atoms with van der Waals surface area (Å²) in [6.45, 7) is -1.14. The first kappa shape index (κ1) is 22.2. The van der Waals surface area contributed by atoms with E-state index in [4.69, 9.17) is 5.26 Å². The number of rotatable bonds is 4. The molecule has 0 amide bonds. The van der Waals surface area contributed by atoms with Crippen molar-refractivity contribution in [1.29, 1.82) is 5.26 Å². The number of hydrogen-bond acceptors (Lipinski definition) is 5. The maximum Gasteiger partial charge on any atom is 0.417 e. The Balaban J connectivity index is 1.85. The van der Waals surface area contributed by atoms with Crippen LogP contribution in [-0.4, -0.2) is 51.6 Å². The molecule has 0 aliphatic carbocycles. The van der Waals surface area contributed by atoms with Crippen LogP contribution < -0.4 is 0 Å². The Morgan fingerprint density at radius 1 is 0.767 bits per heavy atom. The average molecular weight is 459 g/mol. The standard InChI is InChI=1S/C18H16F3N3O4S2/c19-18(20,21)15-6-2-4-8-17(15)30(27,28)24-11-9-23(10-12-24)29(25,26)16-7-3-1-5-14(16)13-22/h1-8H,9-12H2. The highest BCUT2D eigenvalue weighted by molar-refractivity contribution is 7.89. The van der Waals surface area contributed by atoms with Crippen LogP contribution in [0, 0.1) is 11.3 Å². The van der Waals surface area contributed by atoms with Crippen LogP contribution in [0.15, 0.2) is 58.3 Å². The van der Waals surface area contributed by atoms with Gasteiger partial charge in [0.25, 0.3) is 0 Å². The Bertz CT molecular complexity index is 1200. The lowest BCUT2D eigenvalue weighted by Gasteiger charge is -2.33.